The van der Waals surface area contributed by atoms with Crippen LogP contribution in [0.2, 0.25) is 0 Å². The van der Waals surface area contributed by atoms with E-state index in [9.17, 15) is 9.59 Å². The number of amides is 1. The van der Waals surface area contributed by atoms with Crippen molar-refractivity contribution in [3.05, 3.63) is 0 Å². The highest BCUT2D eigenvalue weighted by Crippen LogP contribution is 2.25. The number of aliphatic carboxylic acids is 1. The normalized spacial score (nSPS) is 30.2. The SMILES string of the molecule is CC1CNCC1C(=O)N1CC(CC(=O)O)C1. The molecular formula is C11H18N2O3. The maximum absolute atomic E-state index is 12.0. The van der Waals surface area contributed by atoms with Crippen LogP contribution >= 0.6 is 0 Å². The van der Waals surface area contributed by atoms with Gasteiger partial charge >= 0.3 is 5.97 Å². The fourth-order valence-corrected chi connectivity index (χ4v) is 2.50. The van der Waals surface area contributed by atoms with Gasteiger partial charge in [-0.25, -0.2) is 0 Å². The van der Waals surface area contributed by atoms with Crippen LogP contribution in [0.1, 0.15) is 13.3 Å². The second-order valence-corrected chi connectivity index (χ2v) is 4.95. The third kappa shape index (κ3) is 2.19. The molecule has 5 nitrogen and oxygen atoms in total. The van der Waals surface area contributed by atoms with Gasteiger partial charge in [0.2, 0.25) is 5.91 Å². The summed E-state index contributed by atoms with van der Waals surface area (Å²) in [5.74, 6) is 0.0649. The lowest BCUT2D eigenvalue weighted by molar-refractivity contribution is -0.147. The molecule has 0 radical (unpaired) electrons. The Kier molecular flexibility index (Phi) is 3.14. The highest BCUT2D eigenvalue weighted by molar-refractivity contribution is 5.80. The molecule has 2 aliphatic heterocycles. The zero-order chi connectivity index (χ0) is 11.7. The lowest BCUT2D eigenvalue weighted by atomic mass is 9.91. The number of carbonyl (C=O) groups excluding carboxylic acids is 1. The Labute approximate surface area is 94.8 Å². The van der Waals surface area contributed by atoms with Gasteiger partial charge < -0.3 is 15.3 Å². The third-order valence-electron chi connectivity index (χ3n) is 3.57. The number of carbonyl (C=O) groups is 2. The number of hydrogen-bond donors (Lipinski definition) is 2. The summed E-state index contributed by atoms with van der Waals surface area (Å²) in [7, 11) is 0. The molecule has 2 heterocycles. The van der Waals surface area contributed by atoms with Crippen molar-refractivity contribution < 1.29 is 14.7 Å². The topological polar surface area (TPSA) is 69.6 Å². The monoisotopic (exact) mass is 226 g/mol. The van der Waals surface area contributed by atoms with E-state index in [1.165, 1.54) is 0 Å². The van der Waals surface area contributed by atoms with Crippen LogP contribution in [0.15, 0.2) is 0 Å². The third-order valence-corrected chi connectivity index (χ3v) is 3.57. The second kappa shape index (κ2) is 4.41. The van der Waals surface area contributed by atoms with Crippen LogP contribution in [0.4, 0.5) is 0 Å². The average Bonchev–Trinajstić information content (AvgIpc) is 2.56. The van der Waals surface area contributed by atoms with Crippen molar-refractivity contribution >= 4 is 11.9 Å². The predicted molar refractivity (Wildman–Crippen MR) is 57.8 cm³/mol. The molecule has 0 aliphatic carbocycles. The molecule has 0 aromatic carbocycles. The van der Waals surface area contributed by atoms with E-state index in [0.29, 0.717) is 19.0 Å². The summed E-state index contributed by atoms with van der Waals surface area (Å²) in [6.45, 7) is 4.99. The summed E-state index contributed by atoms with van der Waals surface area (Å²) in [5.41, 5.74) is 0. The van der Waals surface area contributed by atoms with E-state index in [-0.39, 0.29) is 24.2 Å². The van der Waals surface area contributed by atoms with Crippen molar-refractivity contribution in [1.82, 2.24) is 10.2 Å². The Balaban J connectivity index is 1.79. The molecule has 0 spiro atoms. The first-order valence-electron chi connectivity index (χ1n) is 5.79. The smallest absolute Gasteiger partial charge is 0.303 e. The maximum Gasteiger partial charge on any atom is 0.303 e. The van der Waals surface area contributed by atoms with Crippen molar-refractivity contribution in [3.63, 3.8) is 0 Å². The van der Waals surface area contributed by atoms with E-state index in [2.05, 4.69) is 12.2 Å². The molecule has 2 aliphatic rings. The molecule has 0 aromatic rings. The first-order valence-corrected chi connectivity index (χ1v) is 5.79. The molecule has 2 saturated heterocycles. The summed E-state index contributed by atoms with van der Waals surface area (Å²) in [6, 6.07) is 0. The first-order chi connectivity index (χ1) is 7.58. The molecule has 90 valence electrons. The van der Waals surface area contributed by atoms with E-state index in [0.717, 1.165) is 13.1 Å². The molecule has 2 unspecified atom stereocenters. The summed E-state index contributed by atoms with van der Waals surface area (Å²) in [5, 5.41) is 11.8. The molecule has 2 N–H and O–H groups in total. The van der Waals surface area contributed by atoms with Gasteiger partial charge in [0.1, 0.15) is 0 Å². The molecule has 2 fully saturated rings. The number of carboxylic acid groups (broad SMARTS) is 1. The van der Waals surface area contributed by atoms with Crippen LogP contribution in [0.5, 0.6) is 0 Å². The Morgan fingerprint density at radius 1 is 1.38 bits per heavy atom. The molecule has 16 heavy (non-hydrogen) atoms. The average molecular weight is 226 g/mol. The summed E-state index contributed by atoms with van der Waals surface area (Å²) < 4.78 is 0. The van der Waals surface area contributed by atoms with E-state index < -0.39 is 5.97 Å². The van der Waals surface area contributed by atoms with Crippen LogP contribution in [0, 0.1) is 17.8 Å². The minimum absolute atomic E-state index is 0.0887. The number of likely N-dealkylation sites (tertiary alicyclic amines) is 1. The van der Waals surface area contributed by atoms with Gasteiger partial charge in [0.05, 0.1) is 12.3 Å². The molecular weight excluding hydrogens is 208 g/mol. The fourth-order valence-electron chi connectivity index (χ4n) is 2.50. The van der Waals surface area contributed by atoms with Gasteiger partial charge in [-0.15, -0.1) is 0 Å². The van der Waals surface area contributed by atoms with Crippen LogP contribution in [0.3, 0.4) is 0 Å². The van der Waals surface area contributed by atoms with E-state index in [4.69, 9.17) is 5.11 Å². The second-order valence-electron chi connectivity index (χ2n) is 4.95. The first kappa shape index (κ1) is 11.4. The molecule has 0 aromatic heterocycles. The van der Waals surface area contributed by atoms with Crippen molar-refractivity contribution in [2.45, 2.75) is 13.3 Å². The van der Waals surface area contributed by atoms with E-state index >= 15 is 0 Å². The number of nitrogens with zero attached hydrogens (tertiary/aromatic N) is 1. The molecule has 1 amide bonds. The zero-order valence-electron chi connectivity index (χ0n) is 9.48. The van der Waals surface area contributed by atoms with Gasteiger partial charge in [-0.1, -0.05) is 6.92 Å². The largest absolute Gasteiger partial charge is 0.481 e. The lowest BCUT2D eigenvalue weighted by Crippen LogP contribution is -2.53. The summed E-state index contributed by atoms with van der Waals surface area (Å²) in [4.78, 5) is 24.3. The van der Waals surface area contributed by atoms with Crippen LogP contribution in [-0.2, 0) is 9.59 Å². The molecule has 0 bridgehead atoms. The van der Waals surface area contributed by atoms with Gasteiger partial charge in [-0.3, -0.25) is 9.59 Å². The summed E-state index contributed by atoms with van der Waals surface area (Å²) >= 11 is 0. The van der Waals surface area contributed by atoms with Crippen molar-refractivity contribution in [2.75, 3.05) is 26.2 Å². The van der Waals surface area contributed by atoms with Crippen LogP contribution < -0.4 is 5.32 Å². The molecule has 2 rings (SSSR count). The Morgan fingerprint density at radius 3 is 2.56 bits per heavy atom. The number of nitrogens with one attached hydrogen (secondary N) is 1. The number of rotatable bonds is 3. The summed E-state index contributed by atoms with van der Waals surface area (Å²) in [6.07, 6.45) is 0.183. The molecule has 2 atom stereocenters. The lowest BCUT2D eigenvalue weighted by Gasteiger charge is -2.40. The van der Waals surface area contributed by atoms with Crippen LogP contribution in [0.25, 0.3) is 0 Å². The minimum atomic E-state index is -0.770. The van der Waals surface area contributed by atoms with Gasteiger partial charge in [0.25, 0.3) is 0 Å². The molecule has 0 saturated carbocycles. The standard InChI is InChI=1S/C11H18N2O3/c1-7-3-12-4-9(7)11(16)13-5-8(6-13)2-10(14)15/h7-9,12H,2-6H2,1H3,(H,14,15). The number of carboxylic acids is 1. The Bertz CT molecular complexity index is 300. The van der Waals surface area contributed by atoms with E-state index in [1.54, 1.807) is 4.90 Å². The fraction of sp³-hybridized carbons (Fsp3) is 0.818. The van der Waals surface area contributed by atoms with Gasteiger partial charge in [0.15, 0.2) is 0 Å². The van der Waals surface area contributed by atoms with Crippen molar-refractivity contribution in [3.8, 4) is 0 Å². The van der Waals surface area contributed by atoms with Gasteiger partial charge in [-0.05, 0) is 12.5 Å². The van der Waals surface area contributed by atoms with Gasteiger partial charge in [-0.2, -0.15) is 0 Å². The van der Waals surface area contributed by atoms with Gasteiger partial charge in [0, 0.05) is 25.6 Å². The molecule has 5 heteroatoms. The predicted octanol–water partition coefficient (Wildman–Crippen LogP) is -0.225. The Hall–Kier alpha value is -1.10. The highest BCUT2D eigenvalue weighted by Gasteiger charge is 2.38. The zero-order valence-corrected chi connectivity index (χ0v) is 9.48. The van der Waals surface area contributed by atoms with E-state index in [1.807, 2.05) is 0 Å². The van der Waals surface area contributed by atoms with Crippen molar-refractivity contribution in [1.29, 1.82) is 0 Å². The highest BCUT2D eigenvalue weighted by atomic mass is 16.4. The maximum atomic E-state index is 12.0. The quantitative estimate of drug-likeness (QED) is 0.697. The van der Waals surface area contributed by atoms with Crippen molar-refractivity contribution in [2.24, 2.45) is 17.8 Å². The number of hydrogen-bond acceptors (Lipinski definition) is 3. The van der Waals surface area contributed by atoms with Crippen LogP contribution in [-0.4, -0.2) is 48.1 Å². The Morgan fingerprint density at radius 2 is 2.06 bits per heavy atom. The minimum Gasteiger partial charge on any atom is -0.481 e.